The van der Waals surface area contributed by atoms with Crippen LogP contribution in [0, 0.1) is 0 Å². The van der Waals surface area contributed by atoms with E-state index in [9.17, 15) is 14.3 Å². The van der Waals surface area contributed by atoms with Crippen molar-refractivity contribution < 1.29 is 37.3 Å². The Kier molecular flexibility index (Phi) is 45.8. The van der Waals surface area contributed by atoms with Crippen molar-refractivity contribution in [2.45, 2.75) is 148 Å². The van der Waals surface area contributed by atoms with Crippen LogP contribution in [0.4, 0.5) is 0 Å². The zero-order chi connectivity index (χ0) is 49.0. The Morgan fingerprint density at radius 1 is 0.463 bits per heavy atom. The summed E-state index contributed by atoms with van der Waals surface area (Å²) in [5.41, 5.74) is 0. The molecule has 0 aliphatic rings. The molecule has 0 spiro atoms. The Hall–Kier alpha value is -3.88. The summed E-state index contributed by atoms with van der Waals surface area (Å²) in [5, 5.41) is 0. The number of hydrogen-bond acceptors (Lipinski definition) is 7. The number of phosphoric acid groups is 1. The van der Waals surface area contributed by atoms with Crippen LogP contribution in [0.25, 0.3) is 0 Å². The molecule has 376 valence electrons. The maximum Gasteiger partial charge on any atom is 0.306 e. The van der Waals surface area contributed by atoms with Gasteiger partial charge in [-0.25, -0.2) is 0 Å². The lowest BCUT2D eigenvalue weighted by molar-refractivity contribution is -0.870. The van der Waals surface area contributed by atoms with E-state index < -0.39 is 19.9 Å². The Morgan fingerprint density at radius 3 is 1.16 bits per heavy atom. The standard InChI is InChI=1S/C58H92NO7P/c1-6-8-10-12-14-16-18-20-22-24-26-28-29-30-32-34-36-38-40-42-44-46-48-50-53-63-55-57(56-65-67(61,62)64-54-52-59(3,4)5)66-58(60)51-49-47-45-43-41-39-37-35-33-31-27-25-23-21-19-17-15-13-11-9-7-2/h8-11,14-17,20-23,26-28,30-32,35-38,41-44,57H,6-7,12-13,18-19,24-25,29,33-34,39-40,45-56H2,1-5H3/b10-8-,11-9-,16-14-,17-15-,22-20-,23-21-,28-26-,31-27-,32-30-,37-35-,38-36-,43-41-,44-42-. The molecule has 2 atom stereocenters. The van der Waals surface area contributed by atoms with E-state index in [4.69, 9.17) is 18.5 Å². The van der Waals surface area contributed by atoms with E-state index in [1.807, 2.05) is 21.1 Å². The second-order valence-electron chi connectivity index (χ2n) is 17.1. The van der Waals surface area contributed by atoms with Gasteiger partial charge in [0, 0.05) is 13.0 Å². The Labute approximate surface area is 410 Å². The third-order valence-corrected chi connectivity index (χ3v) is 10.5. The smallest absolute Gasteiger partial charge is 0.306 e. The minimum Gasteiger partial charge on any atom is -0.756 e. The predicted molar refractivity (Wildman–Crippen MR) is 286 cm³/mol. The molecule has 2 unspecified atom stereocenters. The molecule has 0 fully saturated rings. The van der Waals surface area contributed by atoms with Gasteiger partial charge in [0.15, 0.2) is 0 Å². The van der Waals surface area contributed by atoms with Crippen LogP contribution in [0.5, 0.6) is 0 Å². The molecule has 0 amide bonds. The average Bonchev–Trinajstić information content (AvgIpc) is 3.29. The normalized spacial score (nSPS) is 14.9. The third kappa shape index (κ3) is 52.9. The summed E-state index contributed by atoms with van der Waals surface area (Å²) in [5.74, 6) is -0.399. The highest BCUT2D eigenvalue weighted by molar-refractivity contribution is 7.45. The molecular formula is C58H92NO7P. The first-order chi connectivity index (χ1) is 32.6. The van der Waals surface area contributed by atoms with Crippen LogP contribution in [-0.2, 0) is 27.9 Å². The van der Waals surface area contributed by atoms with Crippen LogP contribution < -0.4 is 4.89 Å². The lowest BCUT2D eigenvalue weighted by Crippen LogP contribution is -2.37. The molecule has 0 radical (unpaired) electrons. The summed E-state index contributed by atoms with van der Waals surface area (Å²) in [4.78, 5) is 25.2. The summed E-state index contributed by atoms with van der Waals surface area (Å²) < 4.78 is 34.6. The number of hydrogen-bond donors (Lipinski definition) is 0. The van der Waals surface area contributed by atoms with E-state index in [0.717, 1.165) is 116 Å². The van der Waals surface area contributed by atoms with E-state index in [0.29, 0.717) is 24.1 Å². The van der Waals surface area contributed by atoms with Gasteiger partial charge >= 0.3 is 5.97 Å². The van der Waals surface area contributed by atoms with Gasteiger partial charge in [-0.15, -0.1) is 0 Å². The average molecular weight is 946 g/mol. The van der Waals surface area contributed by atoms with Gasteiger partial charge in [0.25, 0.3) is 7.82 Å². The molecule has 0 aromatic rings. The van der Waals surface area contributed by atoms with Gasteiger partial charge in [0.2, 0.25) is 0 Å². The van der Waals surface area contributed by atoms with E-state index in [-0.39, 0.29) is 26.2 Å². The first-order valence-electron chi connectivity index (χ1n) is 25.2. The lowest BCUT2D eigenvalue weighted by atomic mass is 10.2. The predicted octanol–water partition coefficient (Wildman–Crippen LogP) is 15.2. The van der Waals surface area contributed by atoms with Gasteiger partial charge in [-0.05, 0) is 122 Å². The molecule has 0 rings (SSSR count). The molecule has 0 heterocycles. The molecular weight excluding hydrogens is 854 g/mol. The number of ether oxygens (including phenoxy) is 2. The largest absolute Gasteiger partial charge is 0.756 e. The van der Waals surface area contributed by atoms with Gasteiger partial charge in [-0.1, -0.05) is 172 Å². The van der Waals surface area contributed by atoms with Crippen molar-refractivity contribution in [2.75, 3.05) is 54.1 Å². The maximum atomic E-state index is 12.7. The summed E-state index contributed by atoms with van der Waals surface area (Å²) >= 11 is 0. The molecule has 0 saturated heterocycles. The highest BCUT2D eigenvalue weighted by atomic mass is 31.2. The van der Waals surface area contributed by atoms with Crippen LogP contribution >= 0.6 is 7.82 Å². The Morgan fingerprint density at radius 2 is 0.806 bits per heavy atom. The fraction of sp³-hybridized carbons (Fsp3) is 0.534. The van der Waals surface area contributed by atoms with E-state index in [1.165, 1.54) is 0 Å². The van der Waals surface area contributed by atoms with Crippen molar-refractivity contribution >= 4 is 13.8 Å². The lowest BCUT2D eigenvalue weighted by Gasteiger charge is -2.28. The molecule has 0 N–H and O–H groups in total. The summed E-state index contributed by atoms with van der Waals surface area (Å²) in [6, 6.07) is 0. The van der Waals surface area contributed by atoms with Crippen molar-refractivity contribution in [1.82, 2.24) is 0 Å². The molecule has 0 aliphatic carbocycles. The van der Waals surface area contributed by atoms with Crippen LogP contribution in [0.15, 0.2) is 158 Å². The first kappa shape index (κ1) is 63.1. The number of rotatable bonds is 44. The minimum atomic E-state index is -4.57. The van der Waals surface area contributed by atoms with Gasteiger partial charge in [0.1, 0.15) is 19.3 Å². The Balaban J connectivity index is 4.40. The summed E-state index contributed by atoms with van der Waals surface area (Å²) in [6.45, 7) is 4.95. The second-order valence-corrected chi connectivity index (χ2v) is 18.5. The molecule has 9 heteroatoms. The van der Waals surface area contributed by atoms with E-state index in [2.05, 4.69) is 172 Å². The highest BCUT2D eigenvalue weighted by Crippen LogP contribution is 2.38. The van der Waals surface area contributed by atoms with Gasteiger partial charge in [0.05, 0.1) is 34.4 Å². The fourth-order valence-electron chi connectivity index (χ4n) is 5.76. The number of nitrogens with zero attached hydrogens (tertiary/aromatic N) is 1. The molecule has 0 aliphatic heterocycles. The zero-order valence-corrected chi connectivity index (χ0v) is 43.4. The molecule has 8 nitrogen and oxygen atoms in total. The monoisotopic (exact) mass is 946 g/mol. The van der Waals surface area contributed by atoms with Crippen LogP contribution in [-0.4, -0.2) is 70.7 Å². The van der Waals surface area contributed by atoms with Crippen LogP contribution in [0.2, 0.25) is 0 Å². The second kappa shape index (κ2) is 48.6. The molecule has 0 bridgehead atoms. The summed E-state index contributed by atoms with van der Waals surface area (Å²) in [7, 11) is 1.26. The van der Waals surface area contributed by atoms with Crippen molar-refractivity contribution in [2.24, 2.45) is 0 Å². The maximum absolute atomic E-state index is 12.7. The topological polar surface area (TPSA) is 94.1 Å². The van der Waals surface area contributed by atoms with E-state index >= 15 is 0 Å². The minimum absolute atomic E-state index is 0.00215. The summed E-state index contributed by atoms with van der Waals surface area (Å²) in [6.07, 6.45) is 74.2. The van der Waals surface area contributed by atoms with Crippen molar-refractivity contribution in [3.05, 3.63) is 158 Å². The number of carbonyl (C=O) groups is 1. The molecule has 0 aromatic carbocycles. The molecule has 0 aromatic heterocycles. The van der Waals surface area contributed by atoms with Gasteiger partial charge < -0.3 is 27.9 Å². The van der Waals surface area contributed by atoms with Crippen molar-refractivity contribution in [3.8, 4) is 0 Å². The van der Waals surface area contributed by atoms with Gasteiger partial charge in [-0.3, -0.25) is 9.36 Å². The third-order valence-electron chi connectivity index (χ3n) is 9.57. The quantitative estimate of drug-likeness (QED) is 0.0197. The number of esters is 1. The number of carbonyl (C=O) groups excluding carboxylic acids is 1. The fourth-order valence-corrected chi connectivity index (χ4v) is 6.49. The molecule has 67 heavy (non-hydrogen) atoms. The van der Waals surface area contributed by atoms with E-state index in [1.54, 1.807) is 0 Å². The zero-order valence-electron chi connectivity index (χ0n) is 42.5. The molecule has 0 saturated carbocycles. The van der Waals surface area contributed by atoms with Crippen LogP contribution in [0.1, 0.15) is 142 Å². The Bertz CT molecular complexity index is 1620. The number of likely N-dealkylation sites (N-methyl/N-ethyl adjacent to an activating group) is 1. The number of quaternary nitrogens is 1. The SMILES string of the molecule is CC/C=C\C/C=C\C/C=C\C/C=C\C/C=C\C/C=C\C/C=C\CCCCOCC(COP(=O)([O-])OCC[N+](C)(C)C)OC(=O)CCCC/C=C\C/C=C\C/C=C\C/C=C\C/C=C\C/C=C\CC. The number of unbranched alkanes of at least 4 members (excludes halogenated alkanes) is 4. The first-order valence-corrected chi connectivity index (χ1v) is 26.7. The number of allylic oxidation sites excluding steroid dienone is 26. The van der Waals surface area contributed by atoms with Crippen LogP contribution in [0.3, 0.4) is 0 Å². The number of phosphoric ester groups is 1. The van der Waals surface area contributed by atoms with Gasteiger partial charge in [-0.2, -0.15) is 0 Å². The van der Waals surface area contributed by atoms with Crippen molar-refractivity contribution in [1.29, 1.82) is 0 Å². The highest BCUT2D eigenvalue weighted by Gasteiger charge is 2.20. The van der Waals surface area contributed by atoms with Crippen molar-refractivity contribution in [3.63, 3.8) is 0 Å².